The molecule has 144 valence electrons. The number of hydrogen-bond donors (Lipinski definition) is 5. The highest BCUT2D eigenvalue weighted by Gasteiger charge is 2.49. The van der Waals surface area contributed by atoms with Gasteiger partial charge in [-0.2, -0.15) is 0 Å². The normalized spacial score (nSPS) is 48.0. The quantitative estimate of drug-likeness (QED) is 0.330. The Morgan fingerprint density at radius 1 is 1.00 bits per heavy atom. The molecule has 0 radical (unpaired) electrons. The predicted molar refractivity (Wildman–Crippen MR) is 81.2 cm³/mol. The lowest BCUT2D eigenvalue weighted by molar-refractivity contribution is -0.323. The lowest BCUT2D eigenvalue weighted by Crippen LogP contribution is -2.65. The Kier molecular flexibility index (Phi) is 6.49. The van der Waals surface area contributed by atoms with E-state index in [9.17, 15) is 30.0 Å². The van der Waals surface area contributed by atoms with Crippen LogP contribution in [0.4, 0.5) is 0 Å². The van der Waals surface area contributed by atoms with Crippen molar-refractivity contribution in [3.63, 3.8) is 0 Å². The van der Waals surface area contributed by atoms with Gasteiger partial charge in [0.25, 0.3) is 0 Å². The molecule has 0 aliphatic carbocycles. The van der Waals surface area contributed by atoms with E-state index in [0.717, 1.165) is 0 Å². The molecule has 0 aromatic heterocycles. The van der Waals surface area contributed by atoms with Crippen molar-refractivity contribution in [3.05, 3.63) is 0 Å². The van der Waals surface area contributed by atoms with Crippen LogP contribution in [0.1, 0.15) is 20.8 Å². The van der Waals surface area contributed by atoms with Gasteiger partial charge in [-0.05, 0) is 13.8 Å². The lowest BCUT2D eigenvalue weighted by Gasteiger charge is -2.46. The molecule has 0 aromatic rings. The maximum Gasteiger partial charge on any atom is 0.217 e. The Morgan fingerprint density at radius 2 is 1.64 bits per heavy atom. The van der Waals surface area contributed by atoms with E-state index in [-0.39, 0.29) is 12.2 Å². The summed E-state index contributed by atoms with van der Waals surface area (Å²) in [7, 11) is 0. The molecule has 2 fully saturated rings. The molecule has 2 aliphatic rings. The average molecular weight is 363 g/mol. The third-order valence-electron chi connectivity index (χ3n) is 4.50. The maximum atomic E-state index is 11.3. The topological polar surface area (TPSA) is 155 Å². The number of carbonyl (C=O) groups is 2. The molecule has 2 heterocycles. The molecule has 1 amide bonds. The van der Waals surface area contributed by atoms with Gasteiger partial charge in [0.05, 0.1) is 18.2 Å². The first kappa shape index (κ1) is 20.2. The Balaban J connectivity index is 2.13. The van der Waals surface area contributed by atoms with E-state index in [1.54, 1.807) is 13.8 Å². The summed E-state index contributed by atoms with van der Waals surface area (Å²) in [5.74, 6) is -0.360. The molecule has 0 aromatic carbocycles. The van der Waals surface area contributed by atoms with Crippen LogP contribution in [0.5, 0.6) is 0 Å². The maximum absolute atomic E-state index is 11.3. The highest BCUT2D eigenvalue weighted by atomic mass is 16.7. The number of carbonyl (C=O) groups excluding carboxylic acids is 2. The summed E-state index contributed by atoms with van der Waals surface area (Å²) in [5, 5.41) is 42.6. The minimum Gasteiger partial charge on any atom is -0.388 e. The third kappa shape index (κ3) is 4.17. The largest absolute Gasteiger partial charge is 0.388 e. The van der Waals surface area contributed by atoms with E-state index in [2.05, 4.69) is 5.32 Å². The standard InChI is InChI=1S/C15H25NO9/c1-5-9(16-7(3)18)11(20)14(6(2)23-5)25-15-13(22)12(21)10(19)8(4-17)24-15/h4-6,8-15,19-22H,1-3H3,(H,16,18). The summed E-state index contributed by atoms with van der Waals surface area (Å²) in [5.41, 5.74) is 0. The van der Waals surface area contributed by atoms with Crippen LogP contribution in [0.3, 0.4) is 0 Å². The van der Waals surface area contributed by atoms with E-state index < -0.39 is 61.2 Å². The molecule has 2 aliphatic heterocycles. The van der Waals surface area contributed by atoms with E-state index in [1.165, 1.54) is 6.92 Å². The van der Waals surface area contributed by atoms with Crippen molar-refractivity contribution >= 4 is 12.2 Å². The molecule has 2 rings (SSSR count). The fourth-order valence-electron chi connectivity index (χ4n) is 3.14. The summed E-state index contributed by atoms with van der Waals surface area (Å²) < 4.78 is 16.4. The van der Waals surface area contributed by atoms with Gasteiger partial charge in [0.1, 0.15) is 36.6 Å². The van der Waals surface area contributed by atoms with Crippen LogP contribution in [0.15, 0.2) is 0 Å². The van der Waals surface area contributed by atoms with E-state index in [1.807, 2.05) is 0 Å². The lowest BCUT2D eigenvalue weighted by atomic mass is 9.93. The van der Waals surface area contributed by atoms with Crippen LogP contribution in [-0.4, -0.2) is 93.8 Å². The van der Waals surface area contributed by atoms with Gasteiger partial charge in [-0.3, -0.25) is 4.79 Å². The molecule has 10 nitrogen and oxygen atoms in total. The first-order valence-electron chi connectivity index (χ1n) is 8.08. The molecular weight excluding hydrogens is 338 g/mol. The predicted octanol–water partition coefficient (Wildman–Crippen LogP) is -2.95. The number of aliphatic hydroxyl groups excluding tert-OH is 4. The molecule has 10 atom stereocenters. The minimum absolute atomic E-state index is 0.287. The average Bonchev–Trinajstić information content (AvgIpc) is 2.55. The molecule has 2 saturated heterocycles. The molecule has 5 N–H and O–H groups in total. The minimum atomic E-state index is -1.66. The fraction of sp³-hybridized carbons (Fsp3) is 0.867. The Labute approximate surface area is 144 Å². The fourth-order valence-corrected chi connectivity index (χ4v) is 3.14. The summed E-state index contributed by atoms with van der Waals surface area (Å²) in [4.78, 5) is 22.3. The highest BCUT2D eigenvalue weighted by molar-refractivity contribution is 5.73. The number of aliphatic hydroxyl groups is 4. The van der Waals surface area contributed by atoms with E-state index in [4.69, 9.17) is 14.2 Å². The van der Waals surface area contributed by atoms with Crippen molar-refractivity contribution in [2.24, 2.45) is 0 Å². The Morgan fingerprint density at radius 3 is 2.20 bits per heavy atom. The van der Waals surface area contributed by atoms with Gasteiger partial charge >= 0.3 is 0 Å². The molecule has 0 bridgehead atoms. The van der Waals surface area contributed by atoms with Crippen molar-refractivity contribution in [1.29, 1.82) is 0 Å². The van der Waals surface area contributed by atoms with Gasteiger partial charge in [0, 0.05) is 6.92 Å². The Bertz CT molecular complexity index is 490. The van der Waals surface area contributed by atoms with Crippen molar-refractivity contribution in [3.8, 4) is 0 Å². The number of amides is 1. The zero-order valence-corrected chi connectivity index (χ0v) is 14.2. The molecule has 0 saturated carbocycles. The number of rotatable bonds is 4. The highest BCUT2D eigenvalue weighted by Crippen LogP contribution is 2.28. The second kappa shape index (κ2) is 8.04. The second-order valence-electron chi connectivity index (χ2n) is 6.44. The van der Waals surface area contributed by atoms with Crippen LogP contribution in [0, 0.1) is 0 Å². The van der Waals surface area contributed by atoms with Crippen LogP contribution >= 0.6 is 0 Å². The van der Waals surface area contributed by atoms with Gasteiger partial charge in [-0.15, -0.1) is 0 Å². The van der Waals surface area contributed by atoms with Gasteiger partial charge in [-0.1, -0.05) is 0 Å². The Hall–Kier alpha value is -1.14. The van der Waals surface area contributed by atoms with Gasteiger partial charge in [0.15, 0.2) is 12.6 Å². The number of nitrogens with one attached hydrogen (secondary N) is 1. The number of aldehydes is 1. The van der Waals surface area contributed by atoms with Crippen LogP contribution in [0.2, 0.25) is 0 Å². The first-order valence-corrected chi connectivity index (χ1v) is 8.08. The zero-order chi connectivity index (χ0) is 18.9. The van der Waals surface area contributed by atoms with Gasteiger partial charge < -0.3 is 44.7 Å². The summed E-state index contributed by atoms with van der Waals surface area (Å²) in [6, 6.07) is -0.753. The van der Waals surface area contributed by atoms with Gasteiger partial charge in [0.2, 0.25) is 5.91 Å². The second-order valence-corrected chi connectivity index (χ2v) is 6.44. The summed E-state index contributed by atoms with van der Waals surface area (Å²) in [6.07, 6.45) is -10.7. The summed E-state index contributed by atoms with van der Waals surface area (Å²) in [6.45, 7) is 4.62. The molecule has 0 spiro atoms. The van der Waals surface area contributed by atoms with Crippen LogP contribution in [-0.2, 0) is 23.8 Å². The number of ether oxygens (including phenoxy) is 3. The monoisotopic (exact) mass is 363 g/mol. The van der Waals surface area contributed by atoms with Crippen molar-refractivity contribution in [1.82, 2.24) is 5.32 Å². The van der Waals surface area contributed by atoms with E-state index in [0.29, 0.717) is 0 Å². The van der Waals surface area contributed by atoms with Crippen molar-refractivity contribution in [2.75, 3.05) is 0 Å². The molecule has 10 heteroatoms. The third-order valence-corrected chi connectivity index (χ3v) is 4.50. The van der Waals surface area contributed by atoms with Crippen LogP contribution in [0.25, 0.3) is 0 Å². The van der Waals surface area contributed by atoms with Gasteiger partial charge in [-0.25, -0.2) is 0 Å². The van der Waals surface area contributed by atoms with Crippen molar-refractivity contribution in [2.45, 2.75) is 81.9 Å². The SMILES string of the molecule is CC(=O)NC1C(C)OC(C)C(OC2OC(C=O)C(O)C(O)C2O)C1O. The van der Waals surface area contributed by atoms with Crippen LogP contribution < -0.4 is 5.32 Å². The molecular formula is C15H25NO9. The smallest absolute Gasteiger partial charge is 0.217 e. The number of hydrogen-bond acceptors (Lipinski definition) is 9. The molecule has 10 unspecified atom stereocenters. The first-order chi connectivity index (χ1) is 11.7. The van der Waals surface area contributed by atoms with E-state index >= 15 is 0 Å². The van der Waals surface area contributed by atoms with Crippen molar-refractivity contribution < 1.29 is 44.2 Å². The zero-order valence-electron chi connectivity index (χ0n) is 14.2. The summed E-state index contributed by atoms with van der Waals surface area (Å²) >= 11 is 0. The molecule has 25 heavy (non-hydrogen) atoms.